The van der Waals surface area contributed by atoms with Crippen molar-refractivity contribution in [3.8, 4) is 0 Å². The third-order valence-corrected chi connectivity index (χ3v) is 3.12. The second-order valence-corrected chi connectivity index (χ2v) is 4.58. The number of amides is 1. The second kappa shape index (κ2) is 5.97. The summed E-state index contributed by atoms with van der Waals surface area (Å²) in [5.74, 6) is 0.00729. The zero-order valence-electron chi connectivity index (χ0n) is 10.7. The molecule has 2 N–H and O–H groups in total. The fourth-order valence-corrected chi connectivity index (χ4v) is 2.15. The summed E-state index contributed by atoms with van der Waals surface area (Å²) in [6.45, 7) is 2.60. The lowest BCUT2D eigenvalue weighted by atomic mass is 10.1. The molecule has 0 radical (unpaired) electrons. The summed E-state index contributed by atoms with van der Waals surface area (Å²) in [6.07, 6.45) is 5.38. The summed E-state index contributed by atoms with van der Waals surface area (Å²) in [5.41, 5.74) is 5.91. The first kappa shape index (κ1) is 13.0. The van der Waals surface area contributed by atoms with Crippen molar-refractivity contribution in [2.24, 2.45) is 12.8 Å². The molecule has 0 atom stereocenters. The molecule has 1 aliphatic rings. The number of ether oxygens (including phenoxy) is 1. The van der Waals surface area contributed by atoms with Crippen molar-refractivity contribution < 1.29 is 9.53 Å². The number of carbonyl (C=O) groups is 1. The molecule has 0 spiro atoms. The zero-order valence-corrected chi connectivity index (χ0v) is 10.7. The van der Waals surface area contributed by atoms with Gasteiger partial charge in [-0.2, -0.15) is 0 Å². The minimum atomic E-state index is 0.00729. The van der Waals surface area contributed by atoms with Gasteiger partial charge in [-0.05, 0) is 12.8 Å². The quantitative estimate of drug-likeness (QED) is 0.818. The molecular weight excluding hydrogens is 232 g/mol. The Labute approximate surface area is 107 Å². The molecular formula is C12H20N4O2. The molecule has 1 aromatic rings. The van der Waals surface area contributed by atoms with Gasteiger partial charge in [0.05, 0.1) is 19.0 Å². The summed E-state index contributed by atoms with van der Waals surface area (Å²) < 4.78 is 7.37. The van der Waals surface area contributed by atoms with Crippen LogP contribution in [0.2, 0.25) is 0 Å². The number of hydrogen-bond acceptors (Lipinski definition) is 4. The van der Waals surface area contributed by atoms with Gasteiger partial charge in [0, 0.05) is 32.9 Å². The van der Waals surface area contributed by atoms with Gasteiger partial charge in [-0.3, -0.25) is 4.79 Å². The number of rotatable bonds is 4. The Balaban J connectivity index is 1.84. The van der Waals surface area contributed by atoms with E-state index in [0.29, 0.717) is 18.8 Å². The molecule has 0 bridgehead atoms. The standard InChI is InChI=1S/C12H20N4O2/c1-15-8-11(14-9-15)12(17)16-5-2-10(3-6-16)18-7-4-13/h8-10H,2-7,13H2,1H3. The third kappa shape index (κ3) is 3.08. The van der Waals surface area contributed by atoms with Crippen LogP contribution in [-0.2, 0) is 11.8 Å². The maximum Gasteiger partial charge on any atom is 0.274 e. The van der Waals surface area contributed by atoms with Crippen LogP contribution in [0.1, 0.15) is 23.3 Å². The average Bonchev–Trinajstić information content (AvgIpc) is 2.83. The van der Waals surface area contributed by atoms with Gasteiger partial charge >= 0.3 is 0 Å². The average molecular weight is 252 g/mol. The van der Waals surface area contributed by atoms with Crippen molar-refractivity contribution in [3.63, 3.8) is 0 Å². The lowest BCUT2D eigenvalue weighted by molar-refractivity contribution is 0.0120. The lowest BCUT2D eigenvalue weighted by Crippen LogP contribution is -2.41. The molecule has 6 heteroatoms. The number of aromatic nitrogens is 2. The van der Waals surface area contributed by atoms with Crippen molar-refractivity contribution in [2.75, 3.05) is 26.2 Å². The molecule has 1 fully saturated rings. The highest BCUT2D eigenvalue weighted by Gasteiger charge is 2.24. The van der Waals surface area contributed by atoms with Crippen molar-refractivity contribution in [1.29, 1.82) is 0 Å². The van der Waals surface area contributed by atoms with E-state index in [9.17, 15) is 4.79 Å². The predicted octanol–water partition coefficient (Wildman–Crippen LogP) is 0.000000000000000666. The maximum absolute atomic E-state index is 12.1. The first-order valence-electron chi connectivity index (χ1n) is 6.29. The number of nitrogens with zero attached hydrogens (tertiary/aromatic N) is 3. The summed E-state index contributed by atoms with van der Waals surface area (Å²) in [7, 11) is 1.86. The normalized spacial score (nSPS) is 17.1. The molecule has 18 heavy (non-hydrogen) atoms. The number of nitrogens with two attached hydrogens (primary N) is 1. The molecule has 0 saturated carbocycles. The van der Waals surface area contributed by atoms with Gasteiger partial charge in [0.25, 0.3) is 5.91 Å². The Kier molecular flexibility index (Phi) is 4.33. The first-order chi connectivity index (χ1) is 8.70. The molecule has 0 unspecified atom stereocenters. The monoisotopic (exact) mass is 252 g/mol. The Morgan fingerprint density at radius 1 is 1.56 bits per heavy atom. The van der Waals surface area contributed by atoms with Crippen LogP contribution in [0.25, 0.3) is 0 Å². The molecule has 6 nitrogen and oxygen atoms in total. The summed E-state index contributed by atoms with van der Waals surface area (Å²) in [6, 6.07) is 0. The molecule has 2 heterocycles. The van der Waals surface area contributed by atoms with Gasteiger partial charge in [0.2, 0.25) is 0 Å². The Morgan fingerprint density at radius 3 is 2.83 bits per heavy atom. The van der Waals surface area contributed by atoms with Crippen LogP contribution in [0.15, 0.2) is 12.5 Å². The van der Waals surface area contributed by atoms with Crippen LogP contribution in [-0.4, -0.2) is 52.7 Å². The fraction of sp³-hybridized carbons (Fsp3) is 0.667. The molecule has 100 valence electrons. The van der Waals surface area contributed by atoms with Crippen molar-refractivity contribution in [3.05, 3.63) is 18.2 Å². The van der Waals surface area contributed by atoms with Gasteiger partial charge in [-0.1, -0.05) is 0 Å². The second-order valence-electron chi connectivity index (χ2n) is 4.58. The first-order valence-corrected chi connectivity index (χ1v) is 6.29. The van der Waals surface area contributed by atoms with E-state index in [2.05, 4.69) is 4.98 Å². The Bertz CT molecular complexity index is 397. The van der Waals surface area contributed by atoms with E-state index in [1.165, 1.54) is 0 Å². The number of carbonyl (C=O) groups excluding carboxylic acids is 1. The molecule has 1 aliphatic heterocycles. The van der Waals surface area contributed by atoms with Crippen molar-refractivity contribution >= 4 is 5.91 Å². The van der Waals surface area contributed by atoms with Crippen LogP contribution in [0.3, 0.4) is 0 Å². The molecule has 0 aliphatic carbocycles. The van der Waals surface area contributed by atoms with Crippen LogP contribution < -0.4 is 5.73 Å². The van der Waals surface area contributed by atoms with Gasteiger partial charge < -0.3 is 19.9 Å². The fourth-order valence-electron chi connectivity index (χ4n) is 2.15. The number of imidazole rings is 1. The number of aryl methyl sites for hydroxylation is 1. The van der Waals surface area contributed by atoms with E-state index in [-0.39, 0.29) is 12.0 Å². The highest BCUT2D eigenvalue weighted by atomic mass is 16.5. The molecule has 1 amide bonds. The largest absolute Gasteiger partial charge is 0.377 e. The molecule has 0 aromatic carbocycles. The van der Waals surface area contributed by atoms with Gasteiger partial charge in [0.1, 0.15) is 5.69 Å². The van der Waals surface area contributed by atoms with Crippen LogP contribution in [0, 0.1) is 0 Å². The van der Waals surface area contributed by atoms with E-state index < -0.39 is 0 Å². The number of piperidine rings is 1. The lowest BCUT2D eigenvalue weighted by Gasteiger charge is -2.31. The maximum atomic E-state index is 12.1. The minimum absolute atomic E-state index is 0.00729. The van der Waals surface area contributed by atoms with Gasteiger partial charge in [0.15, 0.2) is 0 Å². The van der Waals surface area contributed by atoms with Gasteiger partial charge in [-0.15, -0.1) is 0 Å². The van der Waals surface area contributed by atoms with Crippen molar-refractivity contribution in [1.82, 2.24) is 14.5 Å². The summed E-state index contributed by atoms with van der Waals surface area (Å²) in [4.78, 5) is 18.0. The Hall–Kier alpha value is -1.40. The van der Waals surface area contributed by atoms with Crippen molar-refractivity contribution in [2.45, 2.75) is 18.9 Å². The number of hydrogen-bond donors (Lipinski definition) is 1. The van der Waals surface area contributed by atoms with E-state index in [4.69, 9.17) is 10.5 Å². The molecule has 1 aromatic heterocycles. The third-order valence-electron chi connectivity index (χ3n) is 3.12. The highest BCUT2D eigenvalue weighted by molar-refractivity contribution is 5.92. The SMILES string of the molecule is Cn1cnc(C(=O)N2CCC(OCCN)CC2)c1. The van der Waals surface area contributed by atoms with E-state index in [1.54, 1.807) is 17.1 Å². The van der Waals surface area contributed by atoms with E-state index in [1.807, 2.05) is 11.9 Å². The molecule has 1 saturated heterocycles. The van der Waals surface area contributed by atoms with Crippen LogP contribution >= 0.6 is 0 Å². The highest BCUT2D eigenvalue weighted by Crippen LogP contribution is 2.15. The minimum Gasteiger partial charge on any atom is -0.377 e. The summed E-state index contributed by atoms with van der Waals surface area (Å²) in [5, 5.41) is 0. The van der Waals surface area contributed by atoms with Crippen LogP contribution in [0.5, 0.6) is 0 Å². The van der Waals surface area contributed by atoms with Gasteiger partial charge in [-0.25, -0.2) is 4.98 Å². The zero-order chi connectivity index (χ0) is 13.0. The van der Waals surface area contributed by atoms with Crippen LogP contribution in [0.4, 0.5) is 0 Å². The van der Waals surface area contributed by atoms with E-state index >= 15 is 0 Å². The smallest absolute Gasteiger partial charge is 0.274 e. The molecule has 2 rings (SSSR count). The summed E-state index contributed by atoms with van der Waals surface area (Å²) >= 11 is 0. The van der Waals surface area contributed by atoms with E-state index in [0.717, 1.165) is 25.9 Å². The predicted molar refractivity (Wildman–Crippen MR) is 67.1 cm³/mol. The Morgan fingerprint density at radius 2 is 2.28 bits per heavy atom. The topological polar surface area (TPSA) is 73.4 Å². The number of likely N-dealkylation sites (tertiary alicyclic amines) is 1.